The molecule has 6 heteroatoms. The molecule has 0 aromatic heterocycles. The van der Waals surface area contributed by atoms with Crippen LogP contribution in [0.5, 0.6) is 0 Å². The topological polar surface area (TPSA) is 73.9 Å². The molecular formula is C38H31NO5. The molecule has 0 fully saturated rings. The van der Waals surface area contributed by atoms with Gasteiger partial charge in [-0.3, -0.25) is 0 Å². The Morgan fingerprint density at radius 1 is 0.682 bits per heavy atom. The van der Waals surface area contributed by atoms with Gasteiger partial charge in [-0.1, -0.05) is 127 Å². The highest BCUT2D eigenvalue weighted by atomic mass is 16.6. The Morgan fingerprint density at radius 2 is 1.18 bits per heavy atom. The highest BCUT2D eigenvalue weighted by Gasteiger charge is 2.46. The molecule has 2 aliphatic carbocycles. The molecule has 5 aromatic carbocycles. The highest BCUT2D eigenvalue weighted by Crippen LogP contribution is 2.53. The van der Waals surface area contributed by atoms with Crippen molar-refractivity contribution < 1.29 is 23.8 Å². The molecule has 5 aromatic rings. The Hall–Kier alpha value is -5.20. The maximum absolute atomic E-state index is 13.2. The number of esters is 1. The summed E-state index contributed by atoms with van der Waals surface area (Å²) >= 11 is 0. The largest absolute Gasteiger partial charge is 0.467 e. The third kappa shape index (κ3) is 4.55. The highest BCUT2D eigenvalue weighted by molar-refractivity contribution is 5.84. The number of alkyl carbamates (subject to hydrolysis) is 1. The first kappa shape index (κ1) is 27.6. The molecule has 1 atom stereocenters. The zero-order valence-corrected chi connectivity index (χ0v) is 24.2. The standard InChI is InChI=1S/C38H31NO5/c1-42-36(40)35(39-37(41)43-23-32-28-17-7-5-15-26(28)27-16-6-8-18-29(27)32)24-44-38(25-13-3-2-4-14-25)33-21-11-9-19-30(33)31-20-10-12-22-34(31)38/h2-22,32,35H,23-24H2,1H3,(H,39,41)/t35-/m0/s1. The van der Waals surface area contributed by atoms with Crippen LogP contribution in [0.25, 0.3) is 22.3 Å². The molecule has 0 saturated carbocycles. The van der Waals surface area contributed by atoms with Crippen molar-refractivity contribution in [2.45, 2.75) is 17.6 Å². The molecule has 0 bridgehead atoms. The van der Waals surface area contributed by atoms with E-state index < -0.39 is 23.7 Å². The van der Waals surface area contributed by atoms with Crippen molar-refractivity contribution >= 4 is 12.1 Å². The quantitative estimate of drug-likeness (QED) is 0.199. The van der Waals surface area contributed by atoms with Gasteiger partial charge in [0.2, 0.25) is 0 Å². The van der Waals surface area contributed by atoms with Crippen LogP contribution < -0.4 is 5.32 Å². The maximum Gasteiger partial charge on any atom is 0.407 e. The summed E-state index contributed by atoms with van der Waals surface area (Å²) in [6.45, 7) is -0.0161. The molecule has 218 valence electrons. The number of hydrogen-bond acceptors (Lipinski definition) is 5. The van der Waals surface area contributed by atoms with Crippen molar-refractivity contribution in [2.75, 3.05) is 20.3 Å². The van der Waals surface area contributed by atoms with E-state index in [4.69, 9.17) is 14.2 Å². The fraction of sp³-hybridized carbons (Fsp3) is 0.158. The summed E-state index contributed by atoms with van der Waals surface area (Å²) in [6, 6.07) is 41.4. The van der Waals surface area contributed by atoms with Crippen molar-refractivity contribution in [1.29, 1.82) is 0 Å². The van der Waals surface area contributed by atoms with E-state index in [1.807, 2.05) is 78.9 Å². The molecule has 0 heterocycles. The molecule has 1 N–H and O–H groups in total. The minimum Gasteiger partial charge on any atom is -0.467 e. The van der Waals surface area contributed by atoms with Gasteiger partial charge in [0.25, 0.3) is 0 Å². The summed E-state index contributed by atoms with van der Waals surface area (Å²) in [7, 11) is 1.29. The lowest BCUT2D eigenvalue weighted by molar-refractivity contribution is -0.145. The number of amides is 1. The third-order valence-corrected chi connectivity index (χ3v) is 8.67. The second kappa shape index (κ2) is 11.5. The molecule has 44 heavy (non-hydrogen) atoms. The first-order chi connectivity index (χ1) is 21.6. The average molecular weight is 582 g/mol. The number of carbonyl (C=O) groups excluding carboxylic acids is 2. The Morgan fingerprint density at radius 3 is 1.75 bits per heavy atom. The van der Waals surface area contributed by atoms with Crippen molar-refractivity contribution in [3.05, 3.63) is 155 Å². The van der Waals surface area contributed by atoms with Gasteiger partial charge in [-0.25, -0.2) is 9.59 Å². The number of fused-ring (bicyclic) bond motifs is 6. The van der Waals surface area contributed by atoms with Crippen molar-refractivity contribution in [3.8, 4) is 22.3 Å². The van der Waals surface area contributed by atoms with E-state index in [0.717, 1.165) is 50.1 Å². The number of carbonyl (C=O) groups is 2. The van der Waals surface area contributed by atoms with E-state index >= 15 is 0 Å². The SMILES string of the molecule is COC(=O)[C@H](COC1(c2ccccc2)c2ccccc2-c2ccccc21)NC(=O)OCC1c2ccccc2-c2ccccc21. The minimum absolute atomic E-state index is 0.103. The van der Waals surface area contributed by atoms with Gasteiger partial charge < -0.3 is 19.5 Å². The number of methoxy groups -OCH3 is 1. The van der Waals surface area contributed by atoms with E-state index in [-0.39, 0.29) is 19.1 Å². The van der Waals surface area contributed by atoms with Gasteiger partial charge in [-0.2, -0.15) is 0 Å². The van der Waals surface area contributed by atoms with Gasteiger partial charge in [0.15, 0.2) is 6.04 Å². The number of ether oxygens (including phenoxy) is 3. The van der Waals surface area contributed by atoms with E-state index in [1.165, 1.54) is 7.11 Å². The van der Waals surface area contributed by atoms with Crippen molar-refractivity contribution in [1.82, 2.24) is 5.32 Å². The van der Waals surface area contributed by atoms with Crippen molar-refractivity contribution in [2.24, 2.45) is 0 Å². The molecular weight excluding hydrogens is 550 g/mol. The van der Waals surface area contributed by atoms with Gasteiger partial charge in [0.05, 0.1) is 13.7 Å². The first-order valence-corrected chi connectivity index (χ1v) is 14.7. The Bertz CT molecular complexity index is 1760. The normalized spacial score (nSPS) is 14.5. The lowest BCUT2D eigenvalue weighted by Crippen LogP contribution is -2.47. The molecule has 1 amide bonds. The fourth-order valence-electron chi connectivity index (χ4n) is 6.72. The summed E-state index contributed by atoms with van der Waals surface area (Å²) in [5, 5.41) is 2.72. The average Bonchev–Trinajstić information content (AvgIpc) is 3.56. The lowest BCUT2D eigenvalue weighted by atomic mass is 9.84. The molecule has 0 saturated heterocycles. The van der Waals surface area contributed by atoms with Crippen LogP contribution >= 0.6 is 0 Å². The molecule has 7 rings (SSSR count). The molecule has 0 aliphatic heterocycles. The lowest BCUT2D eigenvalue weighted by Gasteiger charge is -2.34. The summed E-state index contributed by atoms with van der Waals surface area (Å²) in [5.74, 6) is -0.727. The third-order valence-electron chi connectivity index (χ3n) is 8.67. The van der Waals surface area contributed by atoms with Gasteiger partial charge in [-0.05, 0) is 38.9 Å². The van der Waals surface area contributed by atoms with Crippen LogP contribution in [0, 0.1) is 0 Å². The zero-order chi connectivity index (χ0) is 30.1. The number of benzene rings is 5. The van der Waals surface area contributed by atoms with E-state index in [9.17, 15) is 9.59 Å². The summed E-state index contributed by atoms with van der Waals surface area (Å²) in [4.78, 5) is 26.2. The minimum atomic E-state index is -1.10. The Kier molecular flexibility index (Phi) is 7.20. The Labute approximate surface area is 256 Å². The molecule has 0 spiro atoms. The van der Waals surface area contributed by atoms with Crippen LogP contribution in [0.2, 0.25) is 0 Å². The second-order valence-corrected chi connectivity index (χ2v) is 11.0. The number of rotatable bonds is 8. The number of hydrogen-bond donors (Lipinski definition) is 1. The Balaban J connectivity index is 1.14. The molecule has 6 nitrogen and oxygen atoms in total. The van der Waals surface area contributed by atoms with E-state index in [1.54, 1.807) is 0 Å². The van der Waals surface area contributed by atoms with Crippen LogP contribution in [0.1, 0.15) is 33.7 Å². The maximum atomic E-state index is 13.2. The van der Waals surface area contributed by atoms with Gasteiger partial charge in [0, 0.05) is 17.0 Å². The second-order valence-electron chi connectivity index (χ2n) is 11.0. The van der Waals surface area contributed by atoms with Crippen LogP contribution in [0.4, 0.5) is 4.79 Å². The van der Waals surface area contributed by atoms with Crippen LogP contribution in [0.15, 0.2) is 127 Å². The first-order valence-electron chi connectivity index (χ1n) is 14.7. The van der Waals surface area contributed by atoms with Crippen molar-refractivity contribution in [3.63, 3.8) is 0 Å². The van der Waals surface area contributed by atoms with Gasteiger partial charge in [0.1, 0.15) is 12.2 Å². The van der Waals surface area contributed by atoms with E-state index in [0.29, 0.717) is 0 Å². The van der Waals surface area contributed by atoms with Crippen LogP contribution in [0.3, 0.4) is 0 Å². The zero-order valence-electron chi connectivity index (χ0n) is 24.2. The molecule has 2 aliphatic rings. The number of nitrogens with one attached hydrogen (secondary N) is 1. The monoisotopic (exact) mass is 581 g/mol. The van der Waals surface area contributed by atoms with Gasteiger partial charge >= 0.3 is 12.1 Å². The predicted octanol–water partition coefficient (Wildman–Crippen LogP) is 7.06. The van der Waals surface area contributed by atoms with Crippen LogP contribution in [-0.2, 0) is 24.6 Å². The summed E-state index contributed by atoms with van der Waals surface area (Å²) < 4.78 is 17.6. The molecule has 0 radical (unpaired) electrons. The van der Waals surface area contributed by atoms with Crippen LogP contribution in [-0.4, -0.2) is 38.4 Å². The fourth-order valence-corrected chi connectivity index (χ4v) is 6.72. The van der Waals surface area contributed by atoms with Gasteiger partial charge in [-0.15, -0.1) is 0 Å². The summed E-state index contributed by atoms with van der Waals surface area (Å²) in [6.07, 6.45) is -0.716. The molecule has 0 unspecified atom stereocenters. The summed E-state index contributed by atoms with van der Waals surface area (Å²) in [5.41, 5.74) is 8.48. The smallest absolute Gasteiger partial charge is 0.407 e. The van der Waals surface area contributed by atoms with E-state index in [2.05, 4.69) is 53.8 Å². The predicted molar refractivity (Wildman–Crippen MR) is 168 cm³/mol.